The lowest BCUT2D eigenvalue weighted by atomic mass is 10.0. The number of urea groups is 1. The fourth-order valence-electron chi connectivity index (χ4n) is 3.01. The summed E-state index contributed by atoms with van der Waals surface area (Å²) < 4.78 is 10.1. The molecule has 0 bridgehead atoms. The molecule has 3 N–H and O–H groups in total. The molecule has 0 unspecified atom stereocenters. The minimum absolute atomic E-state index is 0.113. The number of esters is 1. The summed E-state index contributed by atoms with van der Waals surface area (Å²) in [6.07, 6.45) is 0.826. The number of fused-ring (bicyclic) bond motifs is 1. The summed E-state index contributed by atoms with van der Waals surface area (Å²) in [5, 5.41) is 8.24. The van der Waals surface area contributed by atoms with Crippen molar-refractivity contribution in [1.29, 1.82) is 0 Å². The number of benzene rings is 2. The van der Waals surface area contributed by atoms with Gasteiger partial charge in [-0.25, -0.2) is 4.79 Å². The Balaban J connectivity index is 1.50. The van der Waals surface area contributed by atoms with Crippen LogP contribution in [0.2, 0.25) is 0 Å². The second kappa shape index (κ2) is 9.59. The Bertz CT molecular complexity index is 882. The maximum Gasteiger partial charge on any atom is 0.325 e. The number of nitrogens with one attached hydrogen (secondary N) is 3. The summed E-state index contributed by atoms with van der Waals surface area (Å²) in [6, 6.07) is 14.2. The van der Waals surface area contributed by atoms with Gasteiger partial charge in [-0.15, -0.1) is 0 Å². The van der Waals surface area contributed by atoms with Gasteiger partial charge in [0.1, 0.15) is 12.3 Å². The van der Waals surface area contributed by atoms with Gasteiger partial charge in [-0.1, -0.05) is 30.3 Å². The Hall–Kier alpha value is -3.55. The highest BCUT2D eigenvalue weighted by Gasteiger charge is 2.22. The van der Waals surface area contributed by atoms with E-state index in [1.807, 2.05) is 24.3 Å². The van der Waals surface area contributed by atoms with Crippen molar-refractivity contribution in [3.63, 3.8) is 0 Å². The van der Waals surface area contributed by atoms with Gasteiger partial charge in [0, 0.05) is 17.7 Å². The zero-order valence-electron chi connectivity index (χ0n) is 16.1. The van der Waals surface area contributed by atoms with E-state index in [0.29, 0.717) is 18.7 Å². The largest absolute Gasteiger partial charge is 0.493 e. The van der Waals surface area contributed by atoms with Crippen molar-refractivity contribution in [3.8, 4) is 5.75 Å². The number of hydrogen-bond donors (Lipinski definition) is 3. The van der Waals surface area contributed by atoms with Gasteiger partial charge in [0.15, 0.2) is 0 Å². The molecule has 1 aliphatic rings. The molecule has 0 saturated heterocycles. The molecule has 0 fully saturated rings. The van der Waals surface area contributed by atoms with Crippen molar-refractivity contribution in [2.45, 2.75) is 18.9 Å². The second-order valence-corrected chi connectivity index (χ2v) is 6.55. The minimum atomic E-state index is -0.504. The van der Waals surface area contributed by atoms with Crippen LogP contribution in [0.15, 0.2) is 48.5 Å². The molecule has 152 valence electrons. The lowest BCUT2D eigenvalue weighted by Gasteiger charge is -2.26. The van der Waals surface area contributed by atoms with E-state index in [0.717, 1.165) is 16.9 Å². The maximum absolute atomic E-state index is 12.4. The quantitative estimate of drug-likeness (QED) is 0.648. The summed E-state index contributed by atoms with van der Waals surface area (Å²) in [6.45, 7) is 0.388. The van der Waals surface area contributed by atoms with Gasteiger partial charge < -0.3 is 25.4 Å². The summed E-state index contributed by atoms with van der Waals surface area (Å²) in [5.41, 5.74) is 2.33. The number of carbonyl (C=O) groups excluding carboxylic acids is 3. The topological polar surface area (TPSA) is 106 Å². The van der Waals surface area contributed by atoms with Gasteiger partial charge in [0.05, 0.1) is 26.2 Å². The zero-order valence-corrected chi connectivity index (χ0v) is 16.1. The molecule has 2 aromatic carbocycles. The van der Waals surface area contributed by atoms with Gasteiger partial charge in [-0.2, -0.15) is 0 Å². The lowest BCUT2D eigenvalue weighted by Crippen LogP contribution is -2.35. The van der Waals surface area contributed by atoms with Gasteiger partial charge >= 0.3 is 12.0 Å². The molecule has 8 nitrogen and oxygen atoms in total. The van der Waals surface area contributed by atoms with Crippen molar-refractivity contribution >= 4 is 23.6 Å². The third-order valence-electron chi connectivity index (χ3n) is 4.50. The standard InChI is InChI=1S/C21H23N3O5/c1-28-20(26)13-22-19(25)12-14-6-8-15(9-7-14)23-21(27)24-17-10-11-29-18-5-3-2-4-16(17)18/h2-9,17H,10-13H2,1H3,(H,22,25)(H2,23,24,27)/t17-/m1/s1. The highest BCUT2D eigenvalue weighted by Crippen LogP contribution is 2.31. The predicted octanol–water partition coefficient (Wildman–Crippen LogP) is 2.16. The predicted molar refractivity (Wildman–Crippen MR) is 107 cm³/mol. The number of methoxy groups -OCH3 is 1. The molecule has 1 atom stereocenters. The van der Waals surface area contributed by atoms with Gasteiger partial charge in [-0.05, 0) is 23.8 Å². The van der Waals surface area contributed by atoms with E-state index in [2.05, 4.69) is 20.7 Å². The lowest BCUT2D eigenvalue weighted by molar-refractivity contribution is -0.141. The fourth-order valence-corrected chi connectivity index (χ4v) is 3.01. The minimum Gasteiger partial charge on any atom is -0.493 e. The first-order chi connectivity index (χ1) is 14.0. The van der Waals surface area contributed by atoms with E-state index >= 15 is 0 Å². The van der Waals surface area contributed by atoms with Crippen LogP contribution in [0.1, 0.15) is 23.6 Å². The maximum atomic E-state index is 12.4. The molecule has 2 aromatic rings. The zero-order chi connectivity index (χ0) is 20.6. The first-order valence-corrected chi connectivity index (χ1v) is 9.27. The first kappa shape index (κ1) is 20.2. The second-order valence-electron chi connectivity index (χ2n) is 6.55. The van der Waals surface area contributed by atoms with Crippen molar-refractivity contribution in [3.05, 3.63) is 59.7 Å². The molecule has 3 amide bonds. The Morgan fingerprint density at radius 1 is 1.10 bits per heavy atom. The number of carbonyl (C=O) groups is 3. The van der Waals surface area contributed by atoms with Gasteiger partial charge in [0.2, 0.25) is 5.91 Å². The molecular weight excluding hydrogens is 374 g/mol. The van der Waals surface area contributed by atoms with Crippen molar-refractivity contribution in [2.75, 3.05) is 25.6 Å². The summed E-state index contributed by atoms with van der Waals surface area (Å²) in [7, 11) is 1.26. The van der Waals surface area contributed by atoms with Crippen LogP contribution < -0.4 is 20.7 Å². The summed E-state index contributed by atoms with van der Waals surface area (Å²) >= 11 is 0. The molecule has 0 spiro atoms. The van der Waals surface area contributed by atoms with Crippen molar-refractivity contribution in [1.82, 2.24) is 10.6 Å². The van der Waals surface area contributed by atoms with Crippen LogP contribution in [0, 0.1) is 0 Å². The average molecular weight is 397 g/mol. The molecule has 1 aliphatic heterocycles. The number of para-hydroxylation sites is 1. The highest BCUT2D eigenvalue weighted by molar-refractivity contribution is 5.89. The van der Waals surface area contributed by atoms with Crippen LogP contribution >= 0.6 is 0 Å². The monoisotopic (exact) mass is 397 g/mol. The van der Waals surface area contributed by atoms with Crippen LogP contribution in [0.4, 0.5) is 10.5 Å². The van der Waals surface area contributed by atoms with Crippen LogP contribution in [-0.2, 0) is 20.7 Å². The van der Waals surface area contributed by atoms with Crippen LogP contribution in [-0.4, -0.2) is 38.2 Å². The molecule has 29 heavy (non-hydrogen) atoms. The third kappa shape index (κ3) is 5.71. The molecule has 0 radical (unpaired) electrons. The summed E-state index contributed by atoms with van der Waals surface area (Å²) in [4.78, 5) is 35.2. The molecule has 0 aromatic heterocycles. The smallest absolute Gasteiger partial charge is 0.325 e. The first-order valence-electron chi connectivity index (χ1n) is 9.27. The van der Waals surface area contributed by atoms with Crippen molar-refractivity contribution < 1.29 is 23.9 Å². The average Bonchev–Trinajstić information content (AvgIpc) is 2.73. The number of ether oxygens (including phenoxy) is 2. The number of amides is 3. The van der Waals surface area contributed by atoms with Crippen LogP contribution in [0.25, 0.3) is 0 Å². The molecule has 0 aliphatic carbocycles. The van der Waals surface area contributed by atoms with E-state index in [1.54, 1.807) is 24.3 Å². The van der Waals surface area contributed by atoms with Gasteiger partial charge in [0.25, 0.3) is 0 Å². The van der Waals surface area contributed by atoms with Crippen molar-refractivity contribution in [2.24, 2.45) is 0 Å². The van der Waals surface area contributed by atoms with Crippen LogP contribution in [0.3, 0.4) is 0 Å². The van der Waals surface area contributed by atoms with Gasteiger partial charge in [-0.3, -0.25) is 9.59 Å². The van der Waals surface area contributed by atoms with E-state index in [-0.39, 0.29) is 30.9 Å². The Labute approximate surface area is 168 Å². The van der Waals surface area contributed by atoms with E-state index in [9.17, 15) is 14.4 Å². The number of anilines is 1. The summed E-state index contributed by atoms with van der Waals surface area (Å²) in [5.74, 6) is 0.00183. The molecule has 0 saturated carbocycles. The molecule has 8 heteroatoms. The van der Waals surface area contributed by atoms with E-state index in [1.165, 1.54) is 7.11 Å². The van der Waals surface area contributed by atoms with E-state index < -0.39 is 5.97 Å². The Morgan fingerprint density at radius 3 is 2.62 bits per heavy atom. The van der Waals surface area contributed by atoms with Crippen LogP contribution in [0.5, 0.6) is 5.75 Å². The Morgan fingerprint density at radius 2 is 1.86 bits per heavy atom. The van der Waals surface area contributed by atoms with E-state index in [4.69, 9.17) is 4.74 Å². The molecule has 1 heterocycles. The normalized spacial score (nSPS) is 14.7. The highest BCUT2D eigenvalue weighted by atomic mass is 16.5. The fraction of sp³-hybridized carbons (Fsp3) is 0.286. The Kier molecular flexibility index (Phi) is 6.67. The number of rotatable bonds is 6. The third-order valence-corrected chi connectivity index (χ3v) is 4.50. The molecular formula is C21H23N3O5. The number of hydrogen-bond acceptors (Lipinski definition) is 5. The molecule has 3 rings (SSSR count). The SMILES string of the molecule is COC(=O)CNC(=O)Cc1ccc(NC(=O)N[C@@H]2CCOc3ccccc32)cc1.